The number of cyclic esters (lactones) is 1. The number of amides is 7. The molecule has 10 N–H and O–H groups in total. The van der Waals surface area contributed by atoms with E-state index in [1.54, 1.807) is 26.0 Å². The second-order valence-corrected chi connectivity index (χ2v) is 16.3. The summed E-state index contributed by atoms with van der Waals surface area (Å²) in [6, 6.07) is -1.96. The quantitative estimate of drug-likeness (QED) is 0.0898. The molecule has 1 aliphatic heterocycles. The van der Waals surface area contributed by atoms with Crippen molar-refractivity contribution in [1.82, 2.24) is 31.9 Å². The summed E-state index contributed by atoms with van der Waals surface area (Å²) in [6.07, 6.45) is 5.42. The average molecular weight is 860 g/mol. The van der Waals surface area contributed by atoms with Gasteiger partial charge in [-0.05, 0) is 76.5 Å². The monoisotopic (exact) mass is 860 g/mol. The van der Waals surface area contributed by atoms with Gasteiger partial charge in [0.05, 0.1) is 6.10 Å². The highest BCUT2D eigenvalue weighted by Gasteiger charge is 2.34. The minimum absolute atomic E-state index is 0.0311. The Morgan fingerprint density at radius 1 is 0.721 bits per heavy atom. The molecule has 1 heterocycles. The SMILES string of the molecule is CCCCCCCCC[C@@H]1CCCC(=O)N[C@H]([C@@H](C)O)C(=O)N[C@@H](C)C(=O)N[C@@H](C)C(=O)N[C@@H](CCC(N)=O)C(=O)N[C@@H](Cc2ccc(O)cc2)C(=O)N[C@@H](C(C)C)C(=O)O1. The van der Waals surface area contributed by atoms with E-state index in [2.05, 4.69) is 38.8 Å². The number of ether oxygens (including phenoxy) is 1. The zero-order valence-corrected chi connectivity index (χ0v) is 36.6. The van der Waals surface area contributed by atoms with Crippen LogP contribution in [0.3, 0.4) is 0 Å². The summed E-state index contributed by atoms with van der Waals surface area (Å²) in [5.41, 5.74) is 5.91. The zero-order chi connectivity index (χ0) is 45.6. The maximum Gasteiger partial charge on any atom is 0.329 e. The molecule has 18 heteroatoms. The number of aliphatic hydroxyl groups is 1. The van der Waals surface area contributed by atoms with Crippen molar-refractivity contribution in [2.75, 3.05) is 0 Å². The number of primary amides is 1. The number of carbonyl (C=O) groups excluding carboxylic acids is 8. The second kappa shape index (κ2) is 26.8. The highest BCUT2D eigenvalue weighted by Crippen LogP contribution is 2.19. The maximum atomic E-state index is 14.1. The Bertz CT molecular complexity index is 1620. The Labute approximate surface area is 359 Å². The number of carbonyl (C=O) groups is 8. The van der Waals surface area contributed by atoms with Gasteiger partial charge in [-0.15, -0.1) is 0 Å². The van der Waals surface area contributed by atoms with Gasteiger partial charge in [-0.3, -0.25) is 33.6 Å². The highest BCUT2D eigenvalue weighted by molar-refractivity contribution is 5.97. The van der Waals surface area contributed by atoms with Crippen molar-refractivity contribution in [2.24, 2.45) is 11.7 Å². The van der Waals surface area contributed by atoms with Gasteiger partial charge in [0.1, 0.15) is 48.1 Å². The molecule has 8 atom stereocenters. The van der Waals surface area contributed by atoms with Gasteiger partial charge < -0.3 is 52.6 Å². The van der Waals surface area contributed by atoms with Gasteiger partial charge in [0, 0.05) is 19.3 Å². The van der Waals surface area contributed by atoms with Crippen LogP contribution in [-0.4, -0.2) is 106 Å². The number of benzene rings is 1. The predicted octanol–water partition coefficient (Wildman–Crippen LogP) is 1.42. The Morgan fingerprint density at radius 2 is 1.28 bits per heavy atom. The van der Waals surface area contributed by atoms with Crippen molar-refractivity contribution in [2.45, 2.75) is 180 Å². The molecule has 0 unspecified atom stereocenters. The molecule has 1 saturated heterocycles. The van der Waals surface area contributed by atoms with Crippen LogP contribution in [0.25, 0.3) is 0 Å². The molecular formula is C43H69N7O11. The smallest absolute Gasteiger partial charge is 0.329 e. The van der Waals surface area contributed by atoms with Crippen LogP contribution in [0.4, 0.5) is 0 Å². The van der Waals surface area contributed by atoms with Gasteiger partial charge in [0.15, 0.2) is 0 Å². The van der Waals surface area contributed by atoms with E-state index in [1.165, 1.54) is 32.9 Å². The Balaban J connectivity index is 2.53. The Morgan fingerprint density at radius 3 is 1.87 bits per heavy atom. The average Bonchev–Trinajstić information content (AvgIpc) is 3.19. The maximum absolute atomic E-state index is 14.1. The fraction of sp³-hybridized carbons (Fsp3) is 0.674. The number of nitrogens with two attached hydrogens (primary N) is 1. The number of hydrogen-bond acceptors (Lipinski definition) is 11. The molecule has 1 aliphatic rings. The van der Waals surface area contributed by atoms with Crippen LogP contribution in [0.5, 0.6) is 5.75 Å². The molecular weight excluding hydrogens is 791 g/mol. The molecule has 0 radical (unpaired) electrons. The lowest BCUT2D eigenvalue weighted by Gasteiger charge is -2.28. The molecule has 2 rings (SSSR count). The van der Waals surface area contributed by atoms with E-state index in [-0.39, 0.29) is 44.3 Å². The summed E-state index contributed by atoms with van der Waals surface area (Å²) in [6.45, 7) is 9.54. The molecule has 1 aromatic carbocycles. The molecule has 61 heavy (non-hydrogen) atoms. The van der Waals surface area contributed by atoms with Crippen molar-refractivity contribution in [1.29, 1.82) is 0 Å². The van der Waals surface area contributed by atoms with Crippen molar-refractivity contribution in [3.8, 4) is 5.75 Å². The number of phenolic OH excluding ortho intramolecular Hbond substituents is 1. The lowest BCUT2D eigenvalue weighted by Crippen LogP contribution is -2.60. The molecule has 0 spiro atoms. The van der Waals surface area contributed by atoms with E-state index in [0.29, 0.717) is 12.0 Å². The summed E-state index contributed by atoms with van der Waals surface area (Å²) in [5, 5.41) is 35.5. The van der Waals surface area contributed by atoms with Gasteiger partial charge in [-0.2, -0.15) is 0 Å². The third-order valence-corrected chi connectivity index (χ3v) is 10.5. The molecule has 7 amide bonds. The zero-order valence-electron chi connectivity index (χ0n) is 36.6. The normalized spacial score (nSPS) is 25.1. The van der Waals surface area contributed by atoms with Crippen LogP contribution in [0, 0.1) is 5.92 Å². The van der Waals surface area contributed by atoms with Crippen molar-refractivity contribution < 1.29 is 53.3 Å². The van der Waals surface area contributed by atoms with Crippen LogP contribution >= 0.6 is 0 Å². The van der Waals surface area contributed by atoms with Crippen LogP contribution in [0.1, 0.15) is 131 Å². The number of hydrogen-bond donors (Lipinski definition) is 9. The molecule has 0 saturated carbocycles. The third kappa shape index (κ3) is 19.3. The topological polar surface area (TPSA) is 284 Å². The van der Waals surface area contributed by atoms with E-state index < -0.39 is 102 Å². The summed E-state index contributed by atoms with van der Waals surface area (Å²) in [4.78, 5) is 106. The van der Waals surface area contributed by atoms with E-state index in [1.807, 2.05) is 0 Å². The summed E-state index contributed by atoms with van der Waals surface area (Å²) < 4.78 is 6.04. The van der Waals surface area contributed by atoms with Gasteiger partial charge in [0.2, 0.25) is 41.4 Å². The minimum atomic E-state index is -1.43. The molecule has 18 nitrogen and oxygen atoms in total. The third-order valence-electron chi connectivity index (χ3n) is 10.5. The number of aliphatic hydroxyl groups excluding tert-OH is 1. The molecule has 1 fully saturated rings. The number of unbranched alkanes of at least 4 members (excludes halogenated alkanes) is 6. The number of aromatic hydroxyl groups is 1. The van der Waals surface area contributed by atoms with Crippen molar-refractivity contribution in [3.05, 3.63) is 29.8 Å². The van der Waals surface area contributed by atoms with E-state index >= 15 is 0 Å². The first-order chi connectivity index (χ1) is 28.8. The number of rotatable bonds is 15. The standard InChI is InChI=1S/C43H69N7O11/c1-7-8-9-10-11-12-13-15-31-16-14-17-35(54)49-37(28(6)51)42(59)46-26(4)38(55)45-27(5)39(56)47-32(22-23-34(44)53)40(57)48-33(24-29-18-20-30(52)21-19-29)41(58)50-36(25(2)3)43(60)61-31/h18-21,25-28,31-33,36-37,51-52H,7-17,22-24H2,1-6H3,(H2,44,53)(H,45,55)(H,46,59)(H,47,56)(H,48,57)(H,49,54)(H,50,58)/t26-,27-,28+,31+,32-,33-,36-,37+/m0/s1. The Hall–Kier alpha value is -5.26. The van der Waals surface area contributed by atoms with Gasteiger partial charge >= 0.3 is 5.97 Å². The number of phenols is 1. The summed E-state index contributed by atoms with van der Waals surface area (Å²) >= 11 is 0. The number of esters is 1. The lowest BCUT2D eigenvalue weighted by atomic mass is 10.00. The molecule has 0 aliphatic carbocycles. The first-order valence-electron chi connectivity index (χ1n) is 21.6. The van der Waals surface area contributed by atoms with Crippen LogP contribution in [0.2, 0.25) is 0 Å². The van der Waals surface area contributed by atoms with E-state index in [4.69, 9.17) is 10.5 Å². The lowest BCUT2D eigenvalue weighted by molar-refractivity contribution is -0.155. The number of nitrogens with one attached hydrogen (secondary N) is 6. The summed E-state index contributed by atoms with van der Waals surface area (Å²) in [5.74, 6) is -6.68. The fourth-order valence-corrected chi connectivity index (χ4v) is 6.70. The highest BCUT2D eigenvalue weighted by atomic mass is 16.5. The van der Waals surface area contributed by atoms with Crippen LogP contribution in [-0.2, 0) is 49.5 Å². The predicted molar refractivity (Wildman–Crippen MR) is 226 cm³/mol. The first-order valence-corrected chi connectivity index (χ1v) is 21.6. The molecule has 342 valence electrons. The van der Waals surface area contributed by atoms with Gasteiger partial charge in [0.25, 0.3) is 0 Å². The van der Waals surface area contributed by atoms with E-state index in [9.17, 15) is 48.6 Å². The molecule has 0 bridgehead atoms. The van der Waals surface area contributed by atoms with Gasteiger partial charge in [-0.1, -0.05) is 71.4 Å². The summed E-state index contributed by atoms with van der Waals surface area (Å²) in [7, 11) is 0. The minimum Gasteiger partial charge on any atom is -0.508 e. The fourth-order valence-electron chi connectivity index (χ4n) is 6.70. The van der Waals surface area contributed by atoms with Crippen molar-refractivity contribution >= 4 is 47.3 Å². The molecule has 0 aromatic heterocycles. The first kappa shape index (κ1) is 51.9. The van der Waals surface area contributed by atoms with Gasteiger partial charge in [-0.25, -0.2) is 4.79 Å². The second-order valence-electron chi connectivity index (χ2n) is 16.3. The van der Waals surface area contributed by atoms with E-state index in [0.717, 1.165) is 44.9 Å². The van der Waals surface area contributed by atoms with Crippen molar-refractivity contribution in [3.63, 3.8) is 0 Å². The van der Waals surface area contributed by atoms with Crippen LogP contribution < -0.4 is 37.6 Å². The largest absolute Gasteiger partial charge is 0.508 e. The molecule has 1 aromatic rings. The van der Waals surface area contributed by atoms with Crippen LogP contribution in [0.15, 0.2) is 24.3 Å². The Kier molecular flexibility index (Phi) is 22.8.